The predicted octanol–water partition coefficient (Wildman–Crippen LogP) is 3.16. The van der Waals surface area contributed by atoms with Gasteiger partial charge < -0.3 is 9.84 Å². The van der Waals surface area contributed by atoms with Crippen LogP contribution in [0.25, 0.3) is 0 Å². The first kappa shape index (κ1) is 12.6. The molecule has 0 aliphatic heterocycles. The van der Waals surface area contributed by atoms with Crippen LogP contribution in [0.1, 0.15) is 43.5 Å². The Labute approximate surface area is 96.1 Å². The molecule has 3 heteroatoms. The lowest BCUT2D eigenvalue weighted by atomic mass is 10.1. The zero-order chi connectivity index (χ0) is 12.0. The molecule has 0 saturated heterocycles. The summed E-state index contributed by atoms with van der Waals surface area (Å²) in [5, 5.41) is 9.56. The Bertz CT molecular complexity index is 358. The summed E-state index contributed by atoms with van der Waals surface area (Å²) >= 11 is 0. The fraction of sp³-hybridized carbons (Fsp3) is 0.462. The van der Waals surface area contributed by atoms with E-state index in [4.69, 9.17) is 4.74 Å². The van der Waals surface area contributed by atoms with Crippen LogP contribution in [0.2, 0.25) is 0 Å². The summed E-state index contributed by atoms with van der Waals surface area (Å²) in [6.07, 6.45) is 3.20. The second-order valence-corrected chi connectivity index (χ2v) is 3.76. The summed E-state index contributed by atoms with van der Waals surface area (Å²) < 4.78 is 5.50. The number of carbonyl (C=O) groups excluding carboxylic acids is 1. The zero-order valence-electron chi connectivity index (χ0n) is 9.82. The standard InChI is InChI=1S/C13H18O3/c1-3-4-5-9-16-12-8-6-7-11(15)13(12)10(2)14/h6-8,15H,3-5,9H2,1-2H3. The molecule has 0 atom stereocenters. The Morgan fingerprint density at radius 2 is 2.12 bits per heavy atom. The summed E-state index contributed by atoms with van der Waals surface area (Å²) in [6, 6.07) is 4.88. The lowest BCUT2D eigenvalue weighted by molar-refractivity contribution is 0.101. The van der Waals surface area contributed by atoms with Crippen molar-refractivity contribution in [1.82, 2.24) is 0 Å². The van der Waals surface area contributed by atoms with E-state index in [0.717, 1.165) is 19.3 Å². The largest absolute Gasteiger partial charge is 0.507 e. The molecule has 88 valence electrons. The Kier molecular flexibility index (Phi) is 4.83. The van der Waals surface area contributed by atoms with Crippen molar-refractivity contribution in [3.8, 4) is 11.5 Å². The smallest absolute Gasteiger partial charge is 0.167 e. The first-order valence-corrected chi connectivity index (χ1v) is 5.62. The van der Waals surface area contributed by atoms with E-state index < -0.39 is 0 Å². The number of carbonyl (C=O) groups is 1. The number of phenols is 1. The van der Waals surface area contributed by atoms with Crippen LogP contribution in [0.15, 0.2) is 18.2 Å². The third-order valence-electron chi connectivity index (χ3n) is 2.36. The predicted molar refractivity (Wildman–Crippen MR) is 63.1 cm³/mol. The third-order valence-corrected chi connectivity index (χ3v) is 2.36. The molecule has 3 nitrogen and oxygen atoms in total. The van der Waals surface area contributed by atoms with E-state index in [-0.39, 0.29) is 17.1 Å². The van der Waals surface area contributed by atoms with Crippen LogP contribution in [0.3, 0.4) is 0 Å². The van der Waals surface area contributed by atoms with Crippen molar-refractivity contribution < 1.29 is 14.6 Å². The van der Waals surface area contributed by atoms with E-state index in [1.165, 1.54) is 13.0 Å². The molecule has 0 radical (unpaired) electrons. The third kappa shape index (κ3) is 3.26. The van der Waals surface area contributed by atoms with Gasteiger partial charge in [0.05, 0.1) is 6.61 Å². The van der Waals surface area contributed by atoms with Crippen LogP contribution in [0, 0.1) is 0 Å². The normalized spacial score (nSPS) is 10.1. The van der Waals surface area contributed by atoms with E-state index in [9.17, 15) is 9.90 Å². The molecule has 1 aromatic rings. The van der Waals surface area contributed by atoms with Crippen molar-refractivity contribution in [3.05, 3.63) is 23.8 Å². The van der Waals surface area contributed by atoms with Crippen molar-refractivity contribution in [2.45, 2.75) is 33.1 Å². The van der Waals surface area contributed by atoms with Gasteiger partial charge in [0.2, 0.25) is 0 Å². The second-order valence-electron chi connectivity index (χ2n) is 3.76. The van der Waals surface area contributed by atoms with Gasteiger partial charge in [0.15, 0.2) is 5.78 Å². The van der Waals surface area contributed by atoms with E-state index in [1.807, 2.05) is 0 Å². The van der Waals surface area contributed by atoms with Crippen LogP contribution in [-0.4, -0.2) is 17.5 Å². The number of Topliss-reactive ketones (excluding diaryl/α,β-unsaturated/α-hetero) is 1. The SMILES string of the molecule is CCCCCOc1cccc(O)c1C(C)=O. The molecule has 16 heavy (non-hydrogen) atoms. The van der Waals surface area contributed by atoms with Crippen LogP contribution in [0.4, 0.5) is 0 Å². The molecular weight excluding hydrogens is 204 g/mol. The average molecular weight is 222 g/mol. The molecule has 0 saturated carbocycles. The van der Waals surface area contributed by atoms with E-state index in [2.05, 4.69) is 6.92 Å². The van der Waals surface area contributed by atoms with Gasteiger partial charge in [-0.1, -0.05) is 25.8 Å². The lowest BCUT2D eigenvalue weighted by Gasteiger charge is -2.10. The summed E-state index contributed by atoms with van der Waals surface area (Å²) in [5.41, 5.74) is 0.277. The fourth-order valence-corrected chi connectivity index (χ4v) is 1.53. The molecule has 0 bridgehead atoms. The van der Waals surface area contributed by atoms with Gasteiger partial charge in [-0.05, 0) is 25.5 Å². The Balaban J connectivity index is 2.71. The average Bonchev–Trinajstić information content (AvgIpc) is 2.24. The number of hydrogen-bond acceptors (Lipinski definition) is 3. The van der Waals surface area contributed by atoms with Crippen LogP contribution in [-0.2, 0) is 0 Å². The minimum Gasteiger partial charge on any atom is -0.507 e. The molecule has 0 aromatic heterocycles. The van der Waals surface area contributed by atoms with Gasteiger partial charge in [-0.25, -0.2) is 0 Å². The molecule has 0 unspecified atom stereocenters. The summed E-state index contributed by atoms with van der Waals surface area (Å²) in [7, 11) is 0. The maximum absolute atomic E-state index is 11.3. The summed E-state index contributed by atoms with van der Waals surface area (Å²) in [6.45, 7) is 4.13. The van der Waals surface area contributed by atoms with Gasteiger partial charge in [-0.2, -0.15) is 0 Å². The Morgan fingerprint density at radius 1 is 1.38 bits per heavy atom. The van der Waals surface area contributed by atoms with E-state index in [1.54, 1.807) is 12.1 Å². The number of unbranched alkanes of at least 4 members (excludes halogenated alkanes) is 2. The zero-order valence-corrected chi connectivity index (χ0v) is 9.82. The van der Waals surface area contributed by atoms with Crippen LogP contribution in [0.5, 0.6) is 11.5 Å². The Hall–Kier alpha value is -1.51. The van der Waals surface area contributed by atoms with Gasteiger partial charge in [-0.3, -0.25) is 4.79 Å². The fourth-order valence-electron chi connectivity index (χ4n) is 1.53. The van der Waals surface area contributed by atoms with Crippen molar-refractivity contribution in [3.63, 3.8) is 0 Å². The number of aromatic hydroxyl groups is 1. The maximum atomic E-state index is 11.3. The minimum atomic E-state index is -0.177. The summed E-state index contributed by atoms with van der Waals surface area (Å²) in [4.78, 5) is 11.3. The van der Waals surface area contributed by atoms with E-state index in [0.29, 0.717) is 12.4 Å². The first-order valence-electron chi connectivity index (χ1n) is 5.62. The molecule has 0 heterocycles. The molecule has 1 aromatic carbocycles. The molecule has 1 rings (SSSR count). The highest BCUT2D eigenvalue weighted by atomic mass is 16.5. The van der Waals surface area contributed by atoms with Crippen LogP contribution < -0.4 is 4.74 Å². The van der Waals surface area contributed by atoms with Crippen LogP contribution >= 0.6 is 0 Å². The minimum absolute atomic E-state index is 0.0134. The number of benzene rings is 1. The van der Waals surface area contributed by atoms with Gasteiger partial charge in [0.25, 0.3) is 0 Å². The van der Waals surface area contributed by atoms with Gasteiger partial charge in [0, 0.05) is 0 Å². The topological polar surface area (TPSA) is 46.5 Å². The highest BCUT2D eigenvalue weighted by Crippen LogP contribution is 2.27. The van der Waals surface area contributed by atoms with E-state index >= 15 is 0 Å². The number of ether oxygens (including phenoxy) is 1. The van der Waals surface area contributed by atoms with Crippen molar-refractivity contribution >= 4 is 5.78 Å². The second kappa shape index (κ2) is 6.16. The molecule has 0 fully saturated rings. The lowest BCUT2D eigenvalue weighted by Crippen LogP contribution is -2.03. The maximum Gasteiger partial charge on any atom is 0.167 e. The molecule has 0 aliphatic rings. The molecule has 1 N–H and O–H groups in total. The Morgan fingerprint density at radius 3 is 2.75 bits per heavy atom. The van der Waals surface area contributed by atoms with Crippen molar-refractivity contribution in [2.24, 2.45) is 0 Å². The van der Waals surface area contributed by atoms with Gasteiger partial charge in [-0.15, -0.1) is 0 Å². The van der Waals surface area contributed by atoms with Crippen molar-refractivity contribution in [2.75, 3.05) is 6.61 Å². The highest BCUT2D eigenvalue weighted by molar-refractivity contribution is 5.99. The number of ketones is 1. The summed E-state index contributed by atoms with van der Waals surface area (Å²) in [5.74, 6) is 0.285. The number of phenolic OH excluding ortho intramolecular Hbond substituents is 1. The quantitative estimate of drug-likeness (QED) is 0.594. The molecule has 0 aliphatic carbocycles. The highest BCUT2D eigenvalue weighted by Gasteiger charge is 2.12. The number of rotatable bonds is 6. The molecule has 0 spiro atoms. The van der Waals surface area contributed by atoms with Gasteiger partial charge in [0.1, 0.15) is 17.1 Å². The number of hydrogen-bond donors (Lipinski definition) is 1. The molecule has 0 amide bonds. The molecular formula is C13H18O3. The first-order chi connectivity index (χ1) is 7.66. The van der Waals surface area contributed by atoms with Crippen molar-refractivity contribution in [1.29, 1.82) is 0 Å². The van der Waals surface area contributed by atoms with Gasteiger partial charge >= 0.3 is 0 Å². The monoisotopic (exact) mass is 222 g/mol.